The van der Waals surface area contributed by atoms with Crippen molar-refractivity contribution >= 4 is 66.5 Å². The Morgan fingerprint density at radius 3 is 1.09 bits per heavy atom. The monoisotopic (exact) mass is 2050 g/mol. The van der Waals surface area contributed by atoms with Crippen molar-refractivity contribution in [3.8, 4) is 0 Å². The van der Waals surface area contributed by atoms with Crippen LogP contribution in [-0.4, -0.2) is 248 Å². The number of aryl methyl sites for hydroxylation is 1. The Morgan fingerprint density at radius 2 is 0.712 bits per heavy atom. The highest BCUT2D eigenvalue weighted by Gasteiger charge is 2.58. The number of carbonyl (C=O) groups excluding carboxylic acids is 11. The first-order valence-corrected chi connectivity index (χ1v) is 58.4. The number of benzene rings is 1. The lowest BCUT2D eigenvalue weighted by Gasteiger charge is -2.59. The third-order valence-electron chi connectivity index (χ3n) is 33.8. The molecule has 1 aromatic carbocycles. The van der Waals surface area contributed by atoms with E-state index in [1.807, 2.05) is 133 Å². The van der Waals surface area contributed by atoms with Gasteiger partial charge in [0.05, 0.1) is 0 Å². The number of amides is 10. The van der Waals surface area contributed by atoms with Gasteiger partial charge in [-0.1, -0.05) is 118 Å². The van der Waals surface area contributed by atoms with E-state index >= 15 is 0 Å². The summed E-state index contributed by atoms with van der Waals surface area (Å²) >= 11 is 0. The van der Waals surface area contributed by atoms with Gasteiger partial charge in [0.15, 0.2) is 0 Å². The molecule has 28 nitrogen and oxygen atoms in total. The molecule has 146 heavy (non-hydrogen) atoms. The highest BCUT2D eigenvalue weighted by atomic mass is 16.6. The van der Waals surface area contributed by atoms with Gasteiger partial charge in [-0.25, -0.2) is 48.2 Å². The smallest absolute Gasteiger partial charge is 0.417 e. The number of rotatable bonds is 20. The normalized spacial score (nSPS) is 23.1. The summed E-state index contributed by atoms with van der Waals surface area (Å²) in [4.78, 5) is 143. The maximum absolute atomic E-state index is 12.5. The lowest BCUT2D eigenvalue weighted by Crippen LogP contribution is -2.59. The molecule has 1 aromatic rings. The van der Waals surface area contributed by atoms with Crippen LogP contribution in [0.3, 0.4) is 0 Å². The lowest BCUT2D eigenvalue weighted by atomic mass is 9.50. The molecule has 15 fully saturated rings. The third-order valence-corrected chi connectivity index (χ3v) is 33.8. The molecule has 0 N–H and O–H groups in total. The number of piperidine rings is 6. The van der Waals surface area contributed by atoms with Gasteiger partial charge in [0, 0.05) is 111 Å². The van der Waals surface area contributed by atoms with Crippen molar-refractivity contribution in [1.29, 1.82) is 0 Å². The van der Waals surface area contributed by atoms with Crippen LogP contribution in [0, 0.1) is 35.5 Å². The van der Waals surface area contributed by atoms with E-state index in [0.717, 1.165) is 270 Å². The van der Waals surface area contributed by atoms with E-state index in [-0.39, 0.29) is 105 Å². The van der Waals surface area contributed by atoms with Crippen LogP contribution in [0.25, 0.3) is 0 Å². The van der Waals surface area contributed by atoms with Crippen LogP contribution in [0.15, 0.2) is 30.3 Å². The number of carbonyl (C=O) groups is 11. The highest BCUT2D eigenvalue weighted by Crippen LogP contribution is 2.60. The van der Waals surface area contributed by atoms with E-state index in [9.17, 15) is 52.7 Å². The van der Waals surface area contributed by atoms with Gasteiger partial charge in [0.25, 0.3) is 0 Å². The molecule has 0 aromatic heterocycles. The number of hydrogen-bond donors (Lipinski definition) is 0. The zero-order valence-corrected chi connectivity index (χ0v) is 95.6. The fourth-order valence-electron chi connectivity index (χ4n) is 22.3. The second-order valence-corrected chi connectivity index (χ2v) is 48.2. The minimum atomic E-state index is -0.528. The van der Waals surface area contributed by atoms with E-state index in [1.165, 1.54) is 144 Å². The molecule has 836 valence electrons. The zero-order valence-electron chi connectivity index (χ0n) is 95.6. The summed E-state index contributed by atoms with van der Waals surface area (Å²) in [6, 6.07) is 10.2. The standard InChI is InChI=1S/C17H27NO2.C15H27NO2.C15H22O2.C13H21NO3.C13H23NO2.C13H25NO2.C11H19NO3.C11H21NO2.C10H19NO2/c1-17(20-16(19)18-5-3-2-4-6-18)14-8-12-7-13(10-14)11-15(17)9-12;1-15(2,13-9-5-3-6-10-13)18-14(17)16-11-7-4-8-12-16;1-4-15(2,3)17-14(16)12-8-11-13-9-6-5-7-10-13;1-2-13(8-4-3-5-9-13)17-12(16)14-10-6-7-11(14)15;1-13(8-4-2-5-9-13)16-12(15)14-10-6-3-7-11-14;1-4-13(5-2,6-3)16-12(15)14-10-8-7-9-11-14;1-8(2)11(3,4)15-10(14)12-7-5-6-9(12)13;1-4-11(2,3)14-10(13)12-8-6-5-7-9-12;1-10(2,3)13-9(12)11-7-5-4-6-8-11/h12-15H,2-11H2,1H3;13H,3-12H2,1-2H3;5-7,9-10H,4,8,11-12H2,1-3H3;2-10H2,1H3;2-11H2,1H3;4-11H2,1-3H3;8H,5-7H2,1-4H3;4-9H2,1-3H3;4-8H2,1-3H3. The van der Waals surface area contributed by atoms with Gasteiger partial charge in [-0.05, 0) is 407 Å². The average Bonchev–Trinajstić information content (AvgIpc) is 0.933. The molecule has 8 aliphatic heterocycles. The first kappa shape index (κ1) is 125. The molecule has 0 atom stereocenters. The summed E-state index contributed by atoms with van der Waals surface area (Å²) in [6.45, 7) is 53.6. The summed E-state index contributed by atoms with van der Waals surface area (Å²) < 4.78 is 50.4. The largest absolute Gasteiger partial charge is 0.460 e. The van der Waals surface area contributed by atoms with Crippen molar-refractivity contribution in [2.75, 3.05) is 91.6 Å². The van der Waals surface area contributed by atoms with Crippen LogP contribution in [0.5, 0.6) is 0 Å². The molecule has 15 aliphatic rings. The number of likely N-dealkylation sites (tertiary alicyclic amines) is 8. The SMILES string of the molecule is CC(C)(C)OC(=O)N1CCCCC1.CC(C)(OC(=O)N1CCCCC1)C1CCCCC1.CC(C)C(C)(C)OC(=O)N1CCCC1=O.CC1(OC(=O)N2CCCCC2)C2CC3CC(C2)CC1C3.CC1(OC(=O)N2CCCCC2)CCCCC1.CCC(C)(C)OC(=O)CCCc1ccccc1.CCC(C)(C)OC(=O)N1CCCCC1.CCC(CC)(CC)OC(=O)N1CCCCC1.CCC1(OC(=O)N2CCCC2=O)CCCCC1. The van der Waals surface area contributed by atoms with Crippen LogP contribution >= 0.6 is 0 Å². The van der Waals surface area contributed by atoms with Gasteiger partial charge in [0.2, 0.25) is 11.8 Å². The zero-order chi connectivity index (χ0) is 107. The van der Waals surface area contributed by atoms with Gasteiger partial charge >= 0.3 is 54.7 Å². The van der Waals surface area contributed by atoms with E-state index < -0.39 is 17.8 Å². The Bertz CT molecular complexity index is 4000. The summed E-state index contributed by atoms with van der Waals surface area (Å²) in [6.07, 6.45) is 53.5. The molecular formula is C118H204N8O20. The van der Waals surface area contributed by atoms with Crippen LogP contribution in [0.1, 0.15) is 472 Å². The first-order valence-electron chi connectivity index (χ1n) is 58.4. The molecule has 0 radical (unpaired) electrons. The molecule has 8 heterocycles. The Morgan fingerprint density at radius 1 is 0.356 bits per heavy atom. The highest BCUT2D eigenvalue weighted by molar-refractivity contribution is 5.94. The fourth-order valence-corrected chi connectivity index (χ4v) is 22.3. The number of imide groups is 2. The second-order valence-electron chi connectivity index (χ2n) is 48.2. The van der Waals surface area contributed by atoms with Crippen LogP contribution in [0.2, 0.25) is 0 Å². The number of nitrogens with zero attached hydrogens (tertiary/aromatic N) is 8. The average molecular weight is 2050 g/mol. The van der Waals surface area contributed by atoms with Gasteiger partial charge < -0.3 is 72.0 Å². The van der Waals surface area contributed by atoms with E-state index in [0.29, 0.717) is 50.1 Å². The Kier molecular flexibility index (Phi) is 52.8. The van der Waals surface area contributed by atoms with Gasteiger partial charge in [-0.2, -0.15) is 0 Å². The third kappa shape index (κ3) is 42.8. The van der Waals surface area contributed by atoms with Crippen LogP contribution < -0.4 is 0 Å². The van der Waals surface area contributed by atoms with E-state index in [2.05, 4.69) is 67.5 Å². The maximum atomic E-state index is 12.5. The van der Waals surface area contributed by atoms with Crippen molar-refractivity contribution < 1.29 is 95.4 Å². The number of esters is 1. The van der Waals surface area contributed by atoms with Crippen molar-refractivity contribution in [2.45, 2.75) is 523 Å². The lowest BCUT2D eigenvalue weighted by molar-refractivity contribution is -0.167. The molecule has 7 saturated carbocycles. The predicted octanol–water partition coefficient (Wildman–Crippen LogP) is 28.7. The van der Waals surface area contributed by atoms with E-state index in [4.69, 9.17) is 42.6 Å². The van der Waals surface area contributed by atoms with E-state index in [1.54, 1.807) is 4.90 Å². The number of hydrogen-bond acceptors (Lipinski definition) is 20. The molecule has 8 saturated heterocycles. The Labute approximate surface area is 882 Å². The molecule has 7 aliphatic carbocycles. The maximum Gasteiger partial charge on any atom is 0.417 e. The first-order chi connectivity index (χ1) is 69.2. The van der Waals surface area contributed by atoms with Crippen molar-refractivity contribution in [1.82, 2.24) is 39.2 Å². The predicted molar refractivity (Wildman–Crippen MR) is 576 cm³/mol. The van der Waals surface area contributed by atoms with Gasteiger partial charge in [-0.15, -0.1) is 0 Å². The molecule has 0 unspecified atom stereocenters. The molecule has 10 amide bonds. The minimum Gasteiger partial charge on any atom is -0.460 e. The summed E-state index contributed by atoms with van der Waals surface area (Å²) in [7, 11) is 0. The Hall–Kier alpha value is -7.81. The summed E-state index contributed by atoms with van der Waals surface area (Å²) in [5, 5.41) is 0. The van der Waals surface area contributed by atoms with Crippen LogP contribution in [0.4, 0.5) is 38.4 Å². The second kappa shape index (κ2) is 61.6. The van der Waals surface area contributed by atoms with Gasteiger partial charge in [-0.3, -0.25) is 14.4 Å². The molecule has 0 spiro atoms. The minimum absolute atomic E-state index is 0.0281. The van der Waals surface area contributed by atoms with Crippen LogP contribution in [-0.2, 0) is 63.4 Å². The molecule has 16 rings (SSSR count). The summed E-state index contributed by atoms with van der Waals surface area (Å²) in [5.41, 5.74) is -1.47. The summed E-state index contributed by atoms with van der Waals surface area (Å²) in [5.74, 6) is 3.59. The molecule has 28 heteroatoms. The van der Waals surface area contributed by atoms with Crippen molar-refractivity contribution in [3.63, 3.8) is 0 Å². The number of ether oxygens (including phenoxy) is 9. The Balaban J connectivity index is 0.000000223. The van der Waals surface area contributed by atoms with Crippen molar-refractivity contribution in [3.05, 3.63) is 35.9 Å². The topological polar surface area (TPSA) is 297 Å². The molecular weight excluding hydrogens is 1850 g/mol. The quantitative estimate of drug-likeness (QED) is 0.0865. The van der Waals surface area contributed by atoms with Crippen molar-refractivity contribution in [2.24, 2.45) is 35.5 Å². The van der Waals surface area contributed by atoms with Gasteiger partial charge in [0.1, 0.15) is 50.4 Å². The fraction of sp³-hybridized carbons (Fsp3) is 0.856. The molecule has 4 bridgehead atoms.